The zero-order chi connectivity index (χ0) is 17.7. The highest BCUT2D eigenvalue weighted by molar-refractivity contribution is 5.99. The average molecular weight is 347 g/mol. The molecule has 2 unspecified atom stereocenters. The van der Waals surface area contributed by atoms with Crippen molar-refractivity contribution in [1.82, 2.24) is 0 Å². The van der Waals surface area contributed by atoms with Gasteiger partial charge in [-0.05, 0) is 99.6 Å². The van der Waals surface area contributed by atoms with E-state index in [0.717, 1.165) is 23.7 Å². The Bertz CT molecular complexity index is 1130. The van der Waals surface area contributed by atoms with E-state index >= 15 is 0 Å². The predicted octanol–water partition coefficient (Wildman–Crippen LogP) is 6.30. The van der Waals surface area contributed by atoms with Gasteiger partial charge in [-0.1, -0.05) is 42.0 Å². The highest BCUT2D eigenvalue weighted by Gasteiger charge is 2.63. The standard InChI is InChI=1S/C26H21N/c27-8-7-18-19-5-6-20(18)26-24-13-23(25(19)26)21-11-16-9-14-3-1-2-4-15(14)10-17(16)12-22(21)24/h1-4,7,9-12,19-20,23-26H,5-6,13H2/t19-,20+,23+,24-,25?,26?. The predicted molar refractivity (Wildman–Crippen MR) is 108 cm³/mol. The number of benzene rings is 3. The van der Waals surface area contributed by atoms with E-state index in [-0.39, 0.29) is 0 Å². The van der Waals surface area contributed by atoms with E-state index in [2.05, 4.69) is 54.6 Å². The summed E-state index contributed by atoms with van der Waals surface area (Å²) in [5.41, 5.74) is 4.77. The Kier molecular flexibility index (Phi) is 2.58. The Hall–Kier alpha value is -2.59. The molecule has 7 rings (SSSR count). The molecule has 3 aromatic rings. The van der Waals surface area contributed by atoms with Crippen molar-refractivity contribution in [3.8, 4) is 6.07 Å². The van der Waals surface area contributed by atoms with Gasteiger partial charge in [-0.2, -0.15) is 5.26 Å². The molecule has 0 aliphatic heterocycles. The van der Waals surface area contributed by atoms with Crippen LogP contribution in [0, 0.1) is 35.0 Å². The largest absolute Gasteiger partial charge is 0.193 e. The third-order valence-corrected chi connectivity index (χ3v) is 8.39. The summed E-state index contributed by atoms with van der Waals surface area (Å²) in [4.78, 5) is 0. The minimum Gasteiger partial charge on any atom is -0.193 e. The topological polar surface area (TPSA) is 23.8 Å². The van der Waals surface area contributed by atoms with E-state index in [9.17, 15) is 5.26 Å². The second-order valence-electron chi connectivity index (χ2n) is 9.19. The highest BCUT2D eigenvalue weighted by atomic mass is 14.7. The number of nitrogens with zero attached hydrogens (tertiary/aromatic N) is 1. The van der Waals surface area contributed by atoms with E-state index in [1.54, 1.807) is 11.1 Å². The fourth-order valence-corrected chi connectivity index (χ4v) is 7.65. The molecule has 4 aliphatic carbocycles. The molecule has 1 nitrogen and oxygen atoms in total. The van der Waals surface area contributed by atoms with Crippen molar-refractivity contribution in [3.05, 3.63) is 71.3 Å². The summed E-state index contributed by atoms with van der Waals surface area (Å²) < 4.78 is 0. The first kappa shape index (κ1) is 14.5. The van der Waals surface area contributed by atoms with Crippen LogP contribution in [-0.4, -0.2) is 0 Å². The zero-order valence-corrected chi connectivity index (χ0v) is 15.2. The van der Waals surface area contributed by atoms with Gasteiger partial charge in [0.15, 0.2) is 0 Å². The van der Waals surface area contributed by atoms with Gasteiger partial charge in [0.05, 0.1) is 6.07 Å². The molecule has 0 heterocycles. The lowest BCUT2D eigenvalue weighted by molar-refractivity contribution is 0.218. The van der Waals surface area contributed by atoms with Gasteiger partial charge in [-0.25, -0.2) is 0 Å². The molecule has 0 aromatic heterocycles. The molecule has 130 valence electrons. The van der Waals surface area contributed by atoms with Gasteiger partial charge >= 0.3 is 0 Å². The Balaban J connectivity index is 1.42. The minimum absolute atomic E-state index is 0.690. The van der Waals surface area contributed by atoms with Crippen molar-refractivity contribution in [2.45, 2.75) is 31.1 Å². The Labute approximate surface area is 159 Å². The van der Waals surface area contributed by atoms with E-state index < -0.39 is 0 Å². The number of hydrogen-bond donors (Lipinski definition) is 0. The average Bonchev–Trinajstić information content (AvgIpc) is 3.43. The summed E-state index contributed by atoms with van der Waals surface area (Å²) in [6.45, 7) is 0. The SMILES string of the molecule is N#CC=C1[C@H]2CC[C@@H]1C1C2[C@H]2C[C@@H]1c1cc3cc4ccccc4cc3cc12. The molecule has 0 radical (unpaired) electrons. The van der Waals surface area contributed by atoms with Crippen LogP contribution in [0.2, 0.25) is 0 Å². The molecular weight excluding hydrogens is 326 g/mol. The third-order valence-electron chi connectivity index (χ3n) is 8.39. The van der Waals surface area contributed by atoms with Crippen LogP contribution in [0.25, 0.3) is 21.5 Å². The maximum absolute atomic E-state index is 9.27. The molecule has 0 saturated heterocycles. The second kappa shape index (κ2) is 4.82. The molecule has 0 N–H and O–H groups in total. The maximum Gasteiger partial charge on any atom is 0.0911 e. The van der Waals surface area contributed by atoms with E-state index in [1.807, 2.05) is 6.08 Å². The molecule has 27 heavy (non-hydrogen) atoms. The Morgan fingerprint density at radius 1 is 0.741 bits per heavy atom. The van der Waals surface area contributed by atoms with Crippen molar-refractivity contribution in [2.24, 2.45) is 23.7 Å². The lowest BCUT2D eigenvalue weighted by Gasteiger charge is -2.35. The number of allylic oxidation sites excluding steroid dienone is 2. The smallest absolute Gasteiger partial charge is 0.0911 e. The third kappa shape index (κ3) is 1.66. The van der Waals surface area contributed by atoms with Crippen LogP contribution in [-0.2, 0) is 0 Å². The first-order valence-corrected chi connectivity index (χ1v) is 10.4. The maximum atomic E-state index is 9.27. The van der Waals surface area contributed by atoms with E-state index in [4.69, 9.17) is 0 Å². The van der Waals surface area contributed by atoms with Crippen LogP contribution in [0.3, 0.4) is 0 Å². The normalized spacial score (nSPS) is 36.5. The minimum atomic E-state index is 0.690. The van der Waals surface area contributed by atoms with E-state index in [1.165, 1.54) is 46.4 Å². The number of nitriles is 1. The van der Waals surface area contributed by atoms with Crippen molar-refractivity contribution in [1.29, 1.82) is 5.26 Å². The molecule has 0 spiro atoms. The molecule has 6 atom stereocenters. The van der Waals surface area contributed by atoms with Crippen LogP contribution in [0.5, 0.6) is 0 Å². The Morgan fingerprint density at radius 3 is 1.81 bits per heavy atom. The summed E-state index contributed by atoms with van der Waals surface area (Å²) in [5, 5.41) is 14.7. The highest BCUT2D eigenvalue weighted by Crippen LogP contribution is 2.73. The van der Waals surface area contributed by atoms with Crippen molar-refractivity contribution >= 4 is 21.5 Å². The van der Waals surface area contributed by atoms with Gasteiger partial charge in [-0.15, -0.1) is 0 Å². The van der Waals surface area contributed by atoms with Gasteiger partial charge in [0, 0.05) is 6.08 Å². The van der Waals surface area contributed by atoms with Gasteiger partial charge in [0.25, 0.3) is 0 Å². The zero-order valence-electron chi connectivity index (χ0n) is 15.2. The fraction of sp³-hybridized carbons (Fsp3) is 0.346. The molecule has 4 bridgehead atoms. The summed E-state index contributed by atoms with van der Waals surface area (Å²) in [7, 11) is 0. The summed E-state index contributed by atoms with van der Waals surface area (Å²) in [5.74, 6) is 4.44. The van der Waals surface area contributed by atoms with Crippen LogP contribution in [0.4, 0.5) is 0 Å². The number of fused-ring (bicyclic) bond motifs is 14. The Morgan fingerprint density at radius 2 is 1.30 bits per heavy atom. The van der Waals surface area contributed by atoms with Crippen LogP contribution < -0.4 is 0 Å². The van der Waals surface area contributed by atoms with Crippen molar-refractivity contribution in [3.63, 3.8) is 0 Å². The molecule has 1 heteroatoms. The molecule has 4 aliphatic rings. The first-order valence-electron chi connectivity index (χ1n) is 10.4. The van der Waals surface area contributed by atoms with Gasteiger partial charge in [0.2, 0.25) is 0 Å². The summed E-state index contributed by atoms with van der Waals surface area (Å²) >= 11 is 0. The number of rotatable bonds is 0. The van der Waals surface area contributed by atoms with Crippen molar-refractivity contribution < 1.29 is 0 Å². The van der Waals surface area contributed by atoms with Crippen molar-refractivity contribution in [2.75, 3.05) is 0 Å². The monoisotopic (exact) mass is 347 g/mol. The molecule has 3 aromatic carbocycles. The number of hydrogen-bond acceptors (Lipinski definition) is 1. The molecule has 3 saturated carbocycles. The van der Waals surface area contributed by atoms with E-state index in [0.29, 0.717) is 11.8 Å². The first-order chi connectivity index (χ1) is 13.3. The fourth-order valence-electron chi connectivity index (χ4n) is 7.65. The molecular formula is C26H21N. The molecule has 0 amide bonds. The lowest BCUT2D eigenvalue weighted by Crippen LogP contribution is -2.27. The summed E-state index contributed by atoms with van der Waals surface area (Å²) in [6, 6.07) is 20.8. The molecule has 3 fully saturated rings. The van der Waals surface area contributed by atoms with Gasteiger partial charge in [0.1, 0.15) is 0 Å². The van der Waals surface area contributed by atoms with Gasteiger partial charge in [-0.3, -0.25) is 0 Å². The second-order valence-corrected chi connectivity index (χ2v) is 9.19. The summed E-state index contributed by atoms with van der Waals surface area (Å²) in [6.07, 6.45) is 5.90. The van der Waals surface area contributed by atoms with Crippen LogP contribution in [0.1, 0.15) is 42.2 Å². The quantitative estimate of drug-likeness (QED) is 0.266. The van der Waals surface area contributed by atoms with Gasteiger partial charge < -0.3 is 0 Å². The van der Waals surface area contributed by atoms with Crippen LogP contribution >= 0.6 is 0 Å². The van der Waals surface area contributed by atoms with Crippen LogP contribution in [0.15, 0.2) is 60.2 Å². The lowest BCUT2D eigenvalue weighted by atomic mass is 9.68.